The highest BCUT2D eigenvalue weighted by Crippen LogP contribution is 2.29. The lowest BCUT2D eigenvalue weighted by molar-refractivity contribution is 1.05. The van der Waals surface area contributed by atoms with E-state index in [1.807, 2.05) is 32.0 Å². The van der Waals surface area contributed by atoms with Crippen LogP contribution in [-0.2, 0) is 0 Å². The Morgan fingerprint density at radius 3 is 2.33 bits per heavy atom. The fraction of sp³-hybridized carbons (Fsp3) is 0.167. The fourth-order valence-electron chi connectivity index (χ4n) is 1.52. The predicted molar refractivity (Wildman–Crippen MR) is 62.0 cm³/mol. The topological polar surface area (TPSA) is 25.8 Å². The molecule has 3 heteroatoms. The van der Waals surface area contributed by atoms with E-state index in [4.69, 9.17) is 11.6 Å². The van der Waals surface area contributed by atoms with Gasteiger partial charge in [0.25, 0.3) is 0 Å². The molecule has 0 radical (unpaired) electrons. The molecule has 0 N–H and O–H groups in total. The summed E-state index contributed by atoms with van der Waals surface area (Å²) >= 11 is 6.15. The van der Waals surface area contributed by atoms with Crippen LogP contribution in [0.15, 0.2) is 30.6 Å². The van der Waals surface area contributed by atoms with E-state index in [-0.39, 0.29) is 0 Å². The molecule has 1 heterocycles. The van der Waals surface area contributed by atoms with Crippen LogP contribution in [0.2, 0.25) is 5.02 Å². The smallest absolute Gasteiger partial charge is 0.125 e. The maximum Gasteiger partial charge on any atom is 0.125 e. The van der Waals surface area contributed by atoms with Gasteiger partial charge in [0.2, 0.25) is 0 Å². The SMILES string of the molecule is Cc1ncc(-c2c(C)cccc2Cl)cn1. The summed E-state index contributed by atoms with van der Waals surface area (Å²) in [6.07, 6.45) is 3.60. The molecule has 76 valence electrons. The second-order valence-electron chi connectivity index (χ2n) is 3.45. The Labute approximate surface area is 94.0 Å². The minimum atomic E-state index is 0.738. The van der Waals surface area contributed by atoms with Gasteiger partial charge in [-0.3, -0.25) is 0 Å². The number of hydrogen-bond donors (Lipinski definition) is 0. The van der Waals surface area contributed by atoms with Gasteiger partial charge >= 0.3 is 0 Å². The van der Waals surface area contributed by atoms with Crippen molar-refractivity contribution in [1.82, 2.24) is 9.97 Å². The summed E-state index contributed by atoms with van der Waals surface area (Å²) in [6.45, 7) is 3.89. The van der Waals surface area contributed by atoms with Crippen LogP contribution in [0.3, 0.4) is 0 Å². The summed E-state index contributed by atoms with van der Waals surface area (Å²) < 4.78 is 0. The van der Waals surface area contributed by atoms with Crippen molar-refractivity contribution < 1.29 is 0 Å². The zero-order valence-electron chi connectivity index (χ0n) is 8.66. The highest BCUT2D eigenvalue weighted by atomic mass is 35.5. The maximum absolute atomic E-state index is 6.15. The molecule has 2 nitrogen and oxygen atoms in total. The summed E-state index contributed by atoms with van der Waals surface area (Å²) in [5.41, 5.74) is 3.11. The second kappa shape index (κ2) is 3.99. The van der Waals surface area contributed by atoms with Gasteiger partial charge in [-0.05, 0) is 25.5 Å². The second-order valence-corrected chi connectivity index (χ2v) is 3.86. The van der Waals surface area contributed by atoms with Crippen molar-refractivity contribution in [2.75, 3.05) is 0 Å². The number of halogens is 1. The quantitative estimate of drug-likeness (QED) is 0.733. The molecule has 0 aliphatic heterocycles. The van der Waals surface area contributed by atoms with Crippen molar-refractivity contribution in [3.8, 4) is 11.1 Å². The van der Waals surface area contributed by atoms with Crippen LogP contribution < -0.4 is 0 Å². The van der Waals surface area contributed by atoms with Crippen molar-refractivity contribution in [2.45, 2.75) is 13.8 Å². The molecule has 0 saturated carbocycles. The summed E-state index contributed by atoms with van der Waals surface area (Å²) in [4.78, 5) is 8.34. The Morgan fingerprint density at radius 1 is 1.07 bits per heavy atom. The van der Waals surface area contributed by atoms with Gasteiger partial charge in [0.1, 0.15) is 5.82 Å². The molecule has 0 unspecified atom stereocenters. The summed E-state index contributed by atoms with van der Waals surface area (Å²) in [5.74, 6) is 0.767. The molecule has 0 aliphatic carbocycles. The monoisotopic (exact) mass is 218 g/mol. The standard InChI is InChI=1S/C12H11ClN2/c1-8-4-3-5-11(13)12(8)10-6-14-9(2)15-7-10/h3-7H,1-2H3. The van der Waals surface area contributed by atoms with Gasteiger partial charge in [-0.15, -0.1) is 0 Å². The van der Waals surface area contributed by atoms with E-state index in [1.165, 1.54) is 0 Å². The maximum atomic E-state index is 6.15. The highest BCUT2D eigenvalue weighted by Gasteiger charge is 2.06. The molecule has 2 aromatic rings. The third-order valence-corrected chi connectivity index (χ3v) is 2.61. The molecule has 0 bridgehead atoms. The van der Waals surface area contributed by atoms with Crippen LogP contribution in [-0.4, -0.2) is 9.97 Å². The van der Waals surface area contributed by atoms with Crippen LogP contribution in [0.1, 0.15) is 11.4 Å². The fourth-order valence-corrected chi connectivity index (χ4v) is 1.85. The Bertz CT molecular complexity index is 457. The summed E-state index contributed by atoms with van der Waals surface area (Å²) in [5, 5.41) is 0.738. The average Bonchev–Trinajstić information content (AvgIpc) is 2.20. The third-order valence-electron chi connectivity index (χ3n) is 2.29. The number of hydrogen-bond acceptors (Lipinski definition) is 2. The lowest BCUT2D eigenvalue weighted by Gasteiger charge is -2.07. The van der Waals surface area contributed by atoms with Crippen molar-refractivity contribution in [3.63, 3.8) is 0 Å². The molecule has 0 fully saturated rings. The normalized spacial score (nSPS) is 10.3. The molecule has 0 amide bonds. The summed E-state index contributed by atoms with van der Waals surface area (Å²) in [6, 6.07) is 5.85. The van der Waals surface area contributed by atoms with Crippen molar-refractivity contribution in [3.05, 3.63) is 47.0 Å². The number of aryl methyl sites for hydroxylation is 2. The number of aromatic nitrogens is 2. The van der Waals surface area contributed by atoms with E-state index < -0.39 is 0 Å². The van der Waals surface area contributed by atoms with Crippen molar-refractivity contribution >= 4 is 11.6 Å². The van der Waals surface area contributed by atoms with Gasteiger partial charge in [-0.25, -0.2) is 9.97 Å². The Morgan fingerprint density at radius 2 is 1.73 bits per heavy atom. The van der Waals surface area contributed by atoms with E-state index in [0.717, 1.165) is 27.5 Å². The first-order valence-electron chi connectivity index (χ1n) is 4.72. The number of benzene rings is 1. The van der Waals surface area contributed by atoms with Gasteiger partial charge in [-0.1, -0.05) is 23.7 Å². The first-order valence-corrected chi connectivity index (χ1v) is 5.10. The molecule has 1 aromatic heterocycles. The molecular formula is C12H11ClN2. The molecule has 0 aliphatic rings. The van der Waals surface area contributed by atoms with Crippen molar-refractivity contribution in [2.24, 2.45) is 0 Å². The first kappa shape index (κ1) is 10.1. The largest absolute Gasteiger partial charge is 0.241 e. The van der Waals surface area contributed by atoms with Gasteiger partial charge in [0.05, 0.1) is 0 Å². The Kier molecular flexibility index (Phi) is 2.69. The molecule has 0 spiro atoms. The Hall–Kier alpha value is -1.41. The summed E-state index contributed by atoms with van der Waals surface area (Å²) in [7, 11) is 0. The molecular weight excluding hydrogens is 208 g/mol. The molecule has 1 aromatic carbocycles. The van der Waals surface area contributed by atoms with Gasteiger partial charge in [0, 0.05) is 28.5 Å². The number of rotatable bonds is 1. The zero-order chi connectivity index (χ0) is 10.8. The lowest BCUT2D eigenvalue weighted by Crippen LogP contribution is -1.90. The molecule has 0 saturated heterocycles. The van der Waals surface area contributed by atoms with Gasteiger partial charge in [0.15, 0.2) is 0 Å². The van der Waals surface area contributed by atoms with E-state index >= 15 is 0 Å². The van der Waals surface area contributed by atoms with Crippen LogP contribution in [0.4, 0.5) is 0 Å². The van der Waals surface area contributed by atoms with Gasteiger partial charge < -0.3 is 0 Å². The predicted octanol–water partition coefficient (Wildman–Crippen LogP) is 3.41. The van der Waals surface area contributed by atoms with Crippen LogP contribution in [0, 0.1) is 13.8 Å². The molecule has 0 atom stereocenters. The zero-order valence-corrected chi connectivity index (χ0v) is 9.42. The van der Waals surface area contributed by atoms with E-state index in [1.54, 1.807) is 12.4 Å². The molecule has 15 heavy (non-hydrogen) atoms. The minimum absolute atomic E-state index is 0.738. The van der Waals surface area contributed by atoms with E-state index in [2.05, 4.69) is 9.97 Å². The highest BCUT2D eigenvalue weighted by molar-refractivity contribution is 6.33. The van der Waals surface area contributed by atoms with Crippen LogP contribution in [0.5, 0.6) is 0 Å². The van der Waals surface area contributed by atoms with E-state index in [9.17, 15) is 0 Å². The minimum Gasteiger partial charge on any atom is -0.241 e. The number of nitrogens with zero attached hydrogens (tertiary/aromatic N) is 2. The first-order chi connectivity index (χ1) is 7.18. The lowest BCUT2D eigenvalue weighted by atomic mass is 10.0. The van der Waals surface area contributed by atoms with Crippen LogP contribution in [0.25, 0.3) is 11.1 Å². The Balaban J connectivity index is 2.58. The van der Waals surface area contributed by atoms with Gasteiger partial charge in [-0.2, -0.15) is 0 Å². The van der Waals surface area contributed by atoms with E-state index in [0.29, 0.717) is 0 Å². The third kappa shape index (κ3) is 2.00. The van der Waals surface area contributed by atoms with Crippen LogP contribution >= 0.6 is 11.6 Å². The van der Waals surface area contributed by atoms with Crippen molar-refractivity contribution in [1.29, 1.82) is 0 Å². The average molecular weight is 219 g/mol. The molecule has 2 rings (SSSR count).